The fourth-order valence-electron chi connectivity index (χ4n) is 3.43. The highest BCUT2D eigenvalue weighted by Gasteiger charge is 2.38. The first-order valence-electron chi connectivity index (χ1n) is 11.0. The Hall–Kier alpha value is -2.93. The maximum atomic E-state index is 12.1. The van der Waals surface area contributed by atoms with E-state index >= 15 is 0 Å². The molecule has 2 heterocycles. The molecule has 2 rings (SSSR count). The monoisotopic (exact) mass is 490 g/mol. The molecule has 0 saturated carbocycles. The highest BCUT2D eigenvalue weighted by molar-refractivity contribution is 5.91. The summed E-state index contributed by atoms with van der Waals surface area (Å²) in [7, 11) is 0. The first kappa shape index (κ1) is 27.3. The van der Waals surface area contributed by atoms with Crippen molar-refractivity contribution in [3.8, 4) is 0 Å². The molecule has 13 heteroatoms. The number of nitrogens with zero attached hydrogens (tertiary/aromatic N) is 1. The van der Waals surface area contributed by atoms with Crippen LogP contribution in [0, 0.1) is 0 Å². The predicted octanol–water partition coefficient (Wildman–Crippen LogP) is 0.963. The maximum Gasteiger partial charge on any atom is 0.471 e. The Kier molecular flexibility index (Phi) is 10.1. The predicted molar refractivity (Wildman–Crippen MR) is 116 cm³/mol. The lowest BCUT2D eigenvalue weighted by Gasteiger charge is -2.15. The third kappa shape index (κ3) is 8.13. The van der Waals surface area contributed by atoms with Gasteiger partial charge in [-0.05, 0) is 25.3 Å². The molecule has 4 N–H and O–H groups in total. The average Bonchev–Trinajstić information content (AvgIpc) is 3.14. The van der Waals surface area contributed by atoms with E-state index in [0.29, 0.717) is 38.6 Å². The molecule has 0 radical (unpaired) electrons. The topological polar surface area (TPSA) is 143 Å². The first-order valence-corrected chi connectivity index (χ1v) is 11.0. The lowest BCUT2D eigenvalue weighted by molar-refractivity contribution is -0.173. The molecule has 2 amide bonds. The number of unbranched alkanes of at least 4 members (excludes halogenated alkanes) is 3. The minimum Gasteiger partial charge on any atom is -0.390 e. The second-order valence-corrected chi connectivity index (χ2v) is 7.88. The zero-order valence-electron chi connectivity index (χ0n) is 18.7. The van der Waals surface area contributed by atoms with E-state index in [4.69, 9.17) is 4.74 Å². The number of H-pyrrole nitrogens is 1. The number of aliphatic hydroxyl groups excluding tert-OH is 1. The number of nitrogens with one attached hydrogen (secondary N) is 3. The molecule has 0 aromatic carbocycles. The Labute approximate surface area is 193 Å². The molecule has 1 aromatic rings. The van der Waals surface area contributed by atoms with Crippen LogP contribution >= 0.6 is 0 Å². The molecule has 1 aliphatic heterocycles. The Morgan fingerprint density at radius 3 is 2.44 bits per heavy atom. The number of ether oxygens (including phenoxy) is 1. The fraction of sp³-hybridized carbons (Fsp3) is 0.619. The summed E-state index contributed by atoms with van der Waals surface area (Å²) < 4.78 is 42.9. The molecule has 0 unspecified atom stereocenters. The number of aromatic amines is 1. The van der Waals surface area contributed by atoms with Gasteiger partial charge in [-0.3, -0.25) is 23.9 Å². The first-order chi connectivity index (χ1) is 16.0. The number of alkyl halides is 3. The Balaban J connectivity index is 1.76. The molecule has 3 atom stereocenters. The van der Waals surface area contributed by atoms with Crippen LogP contribution in [0.5, 0.6) is 0 Å². The second-order valence-electron chi connectivity index (χ2n) is 7.88. The SMILES string of the molecule is CC[C@H]1O[C@@H](n2cc(/C=C/C(=O)NCCCCCCNC(=O)C(F)(F)F)c(=O)[nH]c2=O)C[C@H]1O. The number of aliphatic hydroxyl groups is 1. The maximum absolute atomic E-state index is 12.1. The highest BCUT2D eigenvalue weighted by Crippen LogP contribution is 2.29. The van der Waals surface area contributed by atoms with Crippen molar-refractivity contribution >= 4 is 17.9 Å². The van der Waals surface area contributed by atoms with Crippen molar-refractivity contribution < 1.29 is 32.6 Å². The van der Waals surface area contributed by atoms with Crippen LogP contribution in [0.3, 0.4) is 0 Å². The smallest absolute Gasteiger partial charge is 0.390 e. The number of carbonyl (C=O) groups is 2. The summed E-state index contributed by atoms with van der Waals surface area (Å²) in [6.45, 7) is 2.09. The van der Waals surface area contributed by atoms with Crippen LogP contribution in [-0.4, -0.2) is 57.9 Å². The van der Waals surface area contributed by atoms with Crippen LogP contribution in [0.4, 0.5) is 13.2 Å². The number of halogens is 3. The molecule has 1 aromatic heterocycles. The van der Waals surface area contributed by atoms with E-state index in [1.165, 1.54) is 16.8 Å². The summed E-state index contributed by atoms with van der Waals surface area (Å²) in [6, 6.07) is 0. The van der Waals surface area contributed by atoms with Crippen LogP contribution in [0.25, 0.3) is 6.08 Å². The van der Waals surface area contributed by atoms with E-state index < -0.39 is 47.7 Å². The van der Waals surface area contributed by atoms with Crippen LogP contribution < -0.4 is 21.9 Å². The molecule has 190 valence electrons. The van der Waals surface area contributed by atoms with Crippen LogP contribution in [0.1, 0.15) is 57.2 Å². The number of amides is 2. The molecule has 34 heavy (non-hydrogen) atoms. The van der Waals surface area contributed by atoms with E-state index in [1.807, 2.05) is 6.92 Å². The van der Waals surface area contributed by atoms with Gasteiger partial charge in [0.2, 0.25) is 5.91 Å². The number of aromatic nitrogens is 2. The van der Waals surface area contributed by atoms with Gasteiger partial charge in [-0.25, -0.2) is 4.79 Å². The highest BCUT2D eigenvalue weighted by atomic mass is 19.4. The van der Waals surface area contributed by atoms with Gasteiger partial charge in [0.25, 0.3) is 5.56 Å². The third-order valence-electron chi connectivity index (χ3n) is 5.27. The molecule has 1 aliphatic rings. The van der Waals surface area contributed by atoms with E-state index in [2.05, 4.69) is 10.3 Å². The molecular weight excluding hydrogens is 461 g/mol. The summed E-state index contributed by atoms with van der Waals surface area (Å²) in [4.78, 5) is 49.0. The largest absolute Gasteiger partial charge is 0.471 e. The average molecular weight is 490 g/mol. The van der Waals surface area contributed by atoms with Crippen LogP contribution in [0.2, 0.25) is 0 Å². The summed E-state index contributed by atoms with van der Waals surface area (Å²) in [5.74, 6) is -2.42. The van der Waals surface area contributed by atoms with Gasteiger partial charge in [0.1, 0.15) is 6.23 Å². The third-order valence-corrected chi connectivity index (χ3v) is 5.27. The molecule has 10 nitrogen and oxygen atoms in total. The van der Waals surface area contributed by atoms with Gasteiger partial charge in [0.05, 0.1) is 17.8 Å². The van der Waals surface area contributed by atoms with Gasteiger partial charge in [0, 0.05) is 31.8 Å². The van der Waals surface area contributed by atoms with Crippen molar-refractivity contribution in [2.45, 2.75) is 70.1 Å². The summed E-state index contributed by atoms with van der Waals surface area (Å²) in [5.41, 5.74) is -1.29. The number of hydrogen-bond donors (Lipinski definition) is 4. The van der Waals surface area contributed by atoms with Gasteiger partial charge in [-0.2, -0.15) is 13.2 Å². The zero-order valence-corrected chi connectivity index (χ0v) is 18.7. The van der Waals surface area contributed by atoms with Crippen molar-refractivity contribution in [2.24, 2.45) is 0 Å². The minimum atomic E-state index is -4.88. The molecule has 0 aliphatic carbocycles. The van der Waals surface area contributed by atoms with E-state index in [1.54, 1.807) is 5.32 Å². The normalized spacial score (nSPS) is 20.6. The van der Waals surface area contributed by atoms with Gasteiger partial charge in [0.15, 0.2) is 0 Å². The number of rotatable bonds is 11. The minimum absolute atomic E-state index is 0.0636. The van der Waals surface area contributed by atoms with Gasteiger partial charge in [-0.15, -0.1) is 0 Å². The number of carbonyl (C=O) groups excluding carboxylic acids is 2. The second kappa shape index (κ2) is 12.5. The Bertz CT molecular complexity index is 988. The quantitative estimate of drug-likeness (QED) is 0.269. The van der Waals surface area contributed by atoms with E-state index in [9.17, 15) is 37.5 Å². The van der Waals surface area contributed by atoms with Gasteiger partial charge >= 0.3 is 17.8 Å². The van der Waals surface area contributed by atoms with Gasteiger partial charge in [-0.1, -0.05) is 19.8 Å². The lowest BCUT2D eigenvalue weighted by Crippen LogP contribution is -2.37. The lowest BCUT2D eigenvalue weighted by atomic mass is 10.1. The summed E-state index contributed by atoms with van der Waals surface area (Å²) in [6.07, 6.45) is -0.117. The molecular formula is C21H29F3N4O6. The van der Waals surface area contributed by atoms with E-state index in [0.717, 1.165) is 6.08 Å². The van der Waals surface area contributed by atoms with Crippen LogP contribution in [-0.2, 0) is 14.3 Å². The summed E-state index contributed by atoms with van der Waals surface area (Å²) >= 11 is 0. The van der Waals surface area contributed by atoms with Crippen molar-refractivity contribution in [2.75, 3.05) is 13.1 Å². The molecule has 0 bridgehead atoms. The van der Waals surface area contributed by atoms with Crippen molar-refractivity contribution in [3.05, 3.63) is 38.7 Å². The summed E-state index contributed by atoms with van der Waals surface area (Å²) in [5, 5.41) is 14.4. The molecule has 1 saturated heterocycles. The zero-order chi connectivity index (χ0) is 25.3. The standard InChI is InChI=1S/C21H29F3N4O6/c1-2-15-14(29)11-17(34-15)28-12-13(18(31)27-20(28)33)7-8-16(30)25-9-5-3-4-6-10-26-19(32)21(22,23)24/h7-8,12,14-15,17,29H,2-6,9-11H2,1H3,(H,25,30)(H,26,32)(H,27,31,33)/b8-7+/t14-,15-,17-/m1/s1. The molecule has 1 fully saturated rings. The van der Waals surface area contributed by atoms with E-state index in [-0.39, 0.29) is 18.5 Å². The van der Waals surface area contributed by atoms with Gasteiger partial charge < -0.3 is 20.5 Å². The molecule has 0 spiro atoms. The van der Waals surface area contributed by atoms with Crippen molar-refractivity contribution in [1.82, 2.24) is 20.2 Å². The Morgan fingerprint density at radius 1 is 1.21 bits per heavy atom. The fourth-order valence-corrected chi connectivity index (χ4v) is 3.43. The Morgan fingerprint density at radius 2 is 1.85 bits per heavy atom. The van der Waals surface area contributed by atoms with Crippen molar-refractivity contribution in [3.63, 3.8) is 0 Å². The van der Waals surface area contributed by atoms with Crippen LogP contribution in [0.15, 0.2) is 21.9 Å². The number of hydrogen-bond acceptors (Lipinski definition) is 6. The van der Waals surface area contributed by atoms with Crippen molar-refractivity contribution in [1.29, 1.82) is 0 Å².